The second-order valence-corrected chi connectivity index (χ2v) is 7.55. The van der Waals surface area contributed by atoms with Crippen molar-refractivity contribution in [3.05, 3.63) is 11.1 Å². The Morgan fingerprint density at radius 3 is 2.68 bits per heavy atom. The predicted octanol–water partition coefficient (Wildman–Crippen LogP) is -1.47. The molecule has 2 unspecified atom stereocenters. The summed E-state index contributed by atoms with van der Waals surface area (Å²) in [6.07, 6.45) is 0.604. The first-order valence-corrected chi connectivity index (χ1v) is 10.00. The molecule has 1 aromatic heterocycles. The van der Waals surface area contributed by atoms with Crippen LogP contribution in [-0.4, -0.2) is 71.6 Å². The fourth-order valence-corrected chi connectivity index (χ4v) is 3.61. The number of hydrogen-bond donors (Lipinski definition) is 3. The second kappa shape index (κ2) is 8.49. The van der Waals surface area contributed by atoms with Crippen LogP contribution in [-0.2, 0) is 34.3 Å². The summed E-state index contributed by atoms with van der Waals surface area (Å²) in [4.78, 5) is 45.3. The normalized spacial score (nSPS) is 19.8. The quantitative estimate of drug-likeness (QED) is 0.108. The number of nitrogens with one attached hydrogen (secondary N) is 1. The van der Waals surface area contributed by atoms with E-state index in [-0.39, 0.29) is 27.4 Å². The summed E-state index contributed by atoms with van der Waals surface area (Å²) in [5.41, 5.74) is 5.27. The van der Waals surface area contributed by atoms with Gasteiger partial charge in [-0.1, -0.05) is 12.1 Å². The van der Waals surface area contributed by atoms with Gasteiger partial charge < -0.3 is 20.6 Å². The van der Waals surface area contributed by atoms with Gasteiger partial charge >= 0.3 is 16.3 Å². The number of rotatable bonds is 8. The molecular weight excluding hydrogens is 418 g/mol. The minimum absolute atomic E-state index is 0.0594. The van der Waals surface area contributed by atoms with Gasteiger partial charge in [-0.2, -0.15) is 12.7 Å². The van der Waals surface area contributed by atoms with Crippen molar-refractivity contribution in [2.45, 2.75) is 25.4 Å². The third kappa shape index (κ3) is 4.37. The lowest BCUT2D eigenvalue weighted by atomic mass is 9.98. The third-order valence-electron chi connectivity index (χ3n) is 3.46. The highest BCUT2D eigenvalue weighted by atomic mass is 32.2. The number of β-lactam (4-membered cyclic amide) rings is 1. The minimum Gasteiger partial charge on any atom is -0.467 e. The minimum atomic E-state index is -5.03. The Kier molecular flexibility index (Phi) is 6.52. The summed E-state index contributed by atoms with van der Waals surface area (Å²) in [6, 6.07) is -3.37. The molecule has 0 radical (unpaired) electrons. The molecule has 0 aliphatic carbocycles. The van der Waals surface area contributed by atoms with E-state index in [0.29, 0.717) is 6.42 Å². The number of nitrogens with zero attached hydrogens (tertiary/aromatic N) is 3. The Balaban J connectivity index is 2.27. The van der Waals surface area contributed by atoms with Gasteiger partial charge in [0.25, 0.3) is 11.8 Å². The Morgan fingerprint density at radius 1 is 1.50 bits per heavy atom. The summed E-state index contributed by atoms with van der Waals surface area (Å²) in [7, 11) is -4.07. The molecule has 2 atom stereocenters. The number of ether oxygens (including phenoxy) is 1. The summed E-state index contributed by atoms with van der Waals surface area (Å²) in [5, 5.41) is 7.42. The smallest absolute Gasteiger partial charge is 0.363 e. The molecule has 0 saturated carbocycles. The first-order chi connectivity index (χ1) is 13.1. The van der Waals surface area contributed by atoms with Crippen LogP contribution in [0, 0.1) is 0 Å². The van der Waals surface area contributed by atoms with Crippen LogP contribution in [0.5, 0.6) is 0 Å². The predicted molar refractivity (Wildman–Crippen MR) is 95.4 cm³/mol. The van der Waals surface area contributed by atoms with Crippen LogP contribution >= 0.6 is 11.3 Å². The Labute approximate surface area is 163 Å². The number of aromatic nitrogens is 1. The van der Waals surface area contributed by atoms with Gasteiger partial charge in [0.15, 0.2) is 16.9 Å². The third-order valence-corrected chi connectivity index (χ3v) is 5.04. The maximum absolute atomic E-state index is 12.6. The van der Waals surface area contributed by atoms with Crippen LogP contribution in [0.4, 0.5) is 5.13 Å². The van der Waals surface area contributed by atoms with Gasteiger partial charge in [0, 0.05) is 5.38 Å². The van der Waals surface area contributed by atoms with E-state index in [1.807, 2.05) is 6.92 Å². The van der Waals surface area contributed by atoms with Gasteiger partial charge in [-0.3, -0.25) is 14.1 Å². The molecule has 28 heavy (non-hydrogen) atoms. The van der Waals surface area contributed by atoms with Gasteiger partial charge in [0.05, 0.1) is 7.11 Å². The molecule has 154 valence electrons. The number of carbonyl (C=O) groups excluding carboxylic acids is 3. The molecule has 2 rings (SSSR count). The van der Waals surface area contributed by atoms with E-state index in [9.17, 15) is 22.8 Å². The van der Waals surface area contributed by atoms with Gasteiger partial charge in [-0.15, -0.1) is 11.3 Å². The number of methoxy groups -OCH3 is 1. The van der Waals surface area contributed by atoms with E-state index in [1.54, 1.807) is 0 Å². The van der Waals surface area contributed by atoms with E-state index in [4.69, 9.17) is 15.1 Å². The number of nitrogens with two attached hydrogens (primary N) is 1. The summed E-state index contributed by atoms with van der Waals surface area (Å²) in [5.74, 6) is -3.34. The zero-order chi connectivity index (χ0) is 21.1. The first kappa shape index (κ1) is 21.5. The molecule has 0 bridgehead atoms. The molecule has 2 amide bonds. The SMILES string of the molecule is CCCO/N=C(\C(=O)NC1C(=O)N(S(=O)(=O)O)C1C(=O)OC)c1csc(N)n1. The van der Waals surface area contributed by atoms with Crippen molar-refractivity contribution >= 4 is 50.3 Å². The van der Waals surface area contributed by atoms with Crippen molar-refractivity contribution in [3.63, 3.8) is 0 Å². The van der Waals surface area contributed by atoms with E-state index in [0.717, 1.165) is 18.4 Å². The summed E-state index contributed by atoms with van der Waals surface area (Å²) in [6.45, 7) is 2.01. The average molecular weight is 435 g/mol. The van der Waals surface area contributed by atoms with Crippen LogP contribution in [0.15, 0.2) is 10.5 Å². The largest absolute Gasteiger partial charge is 0.467 e. The fraction of sp³-hybridized carbons (Fsp3) is 0.462. The van der Waals surface area contributed by atoms with E-state index >= 15 is 0 Å². The second-order valence-electron chi connectivity index (χ2n) is 5.38. The average Bonchev–Trinajstić information content (AvgIpc) is 3.04. The number of anilines is 1. The molecule has 1 aromatic rings. The van der Waals surface area contributed by atoms with Crippen molar-refractivity contribution < 1.29 is 36.9 Å². The van der Waals surface area contributed by atoms with Crippen molar-refractivity contribution in [1.82, 2.24) is 14.6 Å². The molecule has 1 aliphatic heterocycles. The molecule has 1 saturated heterocycles. The number of hydrogen-bond acceptors (Lipinski definition) is 11. The van der Waals surface area contributed by atoms with Gasteiger partial charge in [0.1, 0.15) is 18.3 Å². The van der Waals surface area contributed by atoms with Crippen LogP contribution in [0.3, 0.4) is 0 Å². The van der Waals surface area contributed by atoms with Crippen molar-refractivity contribution in [2.24, 2.45) is 5.16 Å². The summed E-state index contributed by atoms with van der Waals surface area (Å²) >= 11 is 1.03. The van der Waals surface area contributed by atoms with Crippen molar-refractivity contribution in [2.75, 3.05) is 19.5 Å². The van der Waals surface area contributed by atoms with Gasteiger partial charge in [-0.05, 0) is 6.42 Å². The van der Waals surface area contributed by atoms with E-state index in [2.05, 4.69) is 20.2 Å². The highest BCUT2D eigenvalue weighted by molar-refractivity contribution is 7.84. The molecule has 1 aliphatic rings. The number of thiazole rings is 1. The Hall–Kier alpha value is -2.78. The highest BCUT2D eigenvalue weighted by Crippen LogP contribution is 2.25. The zero-order valence-electron chi connectivity index (χ0n) is 14.7. The molecule has 0 aromatic carbocycles. The van der Waals surface area contributed by atoms with Crippen LogP contribution < -0.4 is 11.1 Å². The highest BCUT2D eigenvalue weighted by Gasteiger charge is 2.58. The zero-order valence-corrected chi connectivity index (χ0v) is 16.3. The lowest BCUT2D eigenvalue weighted by Gasteiger charge is -2.41. The molecule has 4 N–H and O–H groups in total. The molecule has 15 heteroatoms. The fourth-order valence-electron chi connectivity index (χ4n) is 2.22. The van der Waals surface area contributed by atoms with Crippen molar-refractivity contribution in [3.8, 4) is 0 Å². The number of amides is 2. The lowest BCUT2D eigenvalue weighted by molar-refractivity contribution is -0.162. The number of carbonyl (C=O) groups is 3. The molecule has 13 nitrogen and oxygen atoms in total. The lowest BCUT2D eigenvalue weighted by Crippen LogP contribution is -2.74. The first-order valence-electron chi connectivity index (χ1n) is 7.72. The molecule has 0 spiro atoms. The Morgan fingerprint density at radius 2 is 2.18 bits per heavy atom. The molecular formula is C13H17N5O8S2. The van der Waals surface area contributed by atoms with Crippen LogP contribution in [0.25, 0.3) is 0 Å². The maximum atomic E-state index is 12.6. The molecule has 2 heterocycles. The van der Waals surface area contributed by atoms with E-state index < -0.39 is 40.2 Å². The topological polar surface area (TPSA) is 191 Å². The number of oxime groups is 1. The monoisotopic (exact) mass is 435 g/mol. The number of esters is 1. The van der Waals surface area contributed by atoms with Gasteiger partial charge in [-0.25, -0.2) is 9.78 Å². The standard InChI is InChI=1S/C13H17N5O8S2/c1-3-4-26-17-7(6-5-27-13(14)15-6)10(19)16-8-9(12(21)25-2)18(11(8)20)28(22,23)24/h5,8-9H,3-4H2,1-2H3,(H2,14,15)(H,16,19)(H,22,23,24)/b17-7-. The summed E-state index contributed by atoms with van der Waals surface area (Å²) < 4.78 is 36.0. The Bertz CT molecular complexity index is 912. The number of nitrogen functional groups attached to an aromatic ring is 1. The maximum Gasteiger partial charge on any atom is 0.363 e. The van der Waals surface area contributed by atoms with Crippen LogP contribution in [0.2, 0.25) is 0 Å². The van der Waals surface area contributed by atoms with E-state index in [1.165, 1.54) is 5.38 Å². The molecule has 1 fully saturated rings. The van der Waals surface area contributed by atoms with Crippen LogP contribution in [0.1, 0.15) is 19.0 Å². The van der Waals surface area contributed by atoms with Gasteiger partial charge in [0.2, 0.25) is 0 Å². The van der Waals surface area contributed by atoms with Crippen molar-refractivity contribution in [1.29, 1.82) is 0 Å².